The van der Waals surface area contributed by atoms with E-state index in [2.05, 4.69) is 43.9 Å². The van der Waals surface area contributed by atoms with E-state index >= 15 is 0 Å². The Labute approximate surface area is 109 Å². The molecule has 0 heterocycles. The van der Waals surface area contributed by atoms with E-state index in [1.54, 1.807) is 0 Å². The number of ether oxygens (including phenoxy) is 2. The highest BCUT2D eigenvalue weighted by Crippen LogP contribution is 2.14. The normalized spacial score (nSPS) is 10.1. The fourth-order valence-electron chi connectivity index (χ4n) is 0.790. The zero-order valence-electron chi connectivity index (χ0n) is 9.21. The van der Waals surface area contributed by atoms with Gasteiger partial charge in [-0.3, -0.25) is 0 Å². The van der Waals surface area contributed by atoms with Crippen LogP contribution in [0.15, 0.2) is 9.66 Å². The fraction of sp³-hybridized carbons (Fsp3) is 0.455. The molecule has 0 aliphatic carbocycles. The summed E-state index contributed by atoms with van der Waals surface area (Å²) in [5, 5.41) is 0. The van der Waals surface area contributed by atoms with E-state index in [4.69, 9.17) is 0 Å². The van der Waals surface area contributed by atoms with Gasteiger partial charge in [-0.2, -0.15) is 0 Å². The molecule has 0 aromatic rings. The monoisotopic (exact) mass is 336 g/mol. The van der Waals surface area contributed by atoms with Crippen LogP contribution in [0.4, 0.5) is 0 Å². The van der Waals surface area contributed by atoms with E-state index < -0.39 is 5.97 Å². The predicted octanol–water partition coefficient (Wildman–Crippen LogP) is 1.83. The molecular formula is C11H13IO4. The molecule has 16 heavy (non-hydrogen) atoms. The molecule has 4 nitrogen and oxygen atoms in total. The number of unbranched alkanes of at least 4 members (excludes halogenated alkanes) is 1. The first-order valence-corrected chi connectivity index (χ1v) is 5.69. The second-order valence-corrected chi connectivity index (χ2v) is 4.15. The summed E-state index contributed by atoms with van der Waals surface area (Å²) in [6.45, 7) is 0. The maximum Gasteiger partial charge on any atom is 0.384 e. The smallest absolute Gasteiger partial charge is 0.384 e. The number of esters is 2. The number of halogens is 1. The summed E-state index contributed by atoms with van der Waals surface area (Å²) in [6.07, 6.45) is 3.56. The number of rotatable bonds is 4. The molecule has 0 rings (SSSR count). The van der Waals surface area contributed by atoms with Crippen molar-refractivity contribution in [1.82, 2.24) is 0 Å². The minimum absolute atomic E-state index is 0.356. The van der Waals surface area contributed by atoms with E-state index in [0.717, 1.165) is 16.4 Å². The molecule has 0 aliphatic rings. The minimum atomic E-state index is -0.528. The average Bonchev–Trinajstić information content (AvgIpc) is 2.27. The van der Waals surface area contributed by atoms with E-state index in [0.29, 0.717) is 6.42 Å². The van der Waals surface area contributed by atoms with Crippen molar-refractivity contribution in [1.29, 1.82) is 0 Å². The van der Waals surface area contributed by atoms with E-state index in [-0.39, 0.29) is 5.97 Å². The van der Waals surface area contributed by atoms with Crippen molar-refractivity contribution >= 4 is 34.5 Å². The lowest BCUT2D eigenvalue weighted by molar-refractivity contribution is -0.135. The van der Waals surface area contributed by atoms with Crippen LogP contribution in [0, 0.1) is 11.8 Å². The summed E-state index contributed by atoms with van der Waals surface area (Å²) < 4.78 is 9.75. The number of hydrogen-bond acceptors (Lipinski definition) is 4. The van der Waals surface area contributed by atoms with Gasteiger partial charge in [0.15, 0.2) is 0 Å². The quantitative estimate of drug-likeness (QED) is 0.196. The Kier molecular flexibility index (Phi) is 8.62. The van der Waals surface area contributed by atoms with Crippen LogP contribution >= 0.6 is 22.6 Å². The second kappa shape index (κ2) is 9.21. The van der Waals surface area contributed by atoms with Gasteiger partial charge >= 0.3 is 11.9 Å². The summed E-state index contributed by atoms with van der Waals surface area (Å²) in [7, 11) is 2.63. The van der Waals surface area contributed by atoms with Gasteiger partial charge in [0.2, 0.25) is 0 Å². The number of methoxy groups -OCH3 is 2. The summed E-state index contributed by atoms with van der Waals surface area (Å²) in [6, 6.07) is 0. The van der Waals surface area contributed by atoms with Gasteiger partial charge < -0.3 is 9.47 Å². The van der Waals surface area contributed by atoms with Crippen LogP contribution in [0.25, 0.3) is 0 Å². The van der Waals surface area contributed by atoms with Crippen molar-refractivity contribution in [3.05, 3.63) is 9.66 Å². The van der Waals surface area contributed by atoms with Crippen LogP contribution in [0.5, 0.6) is 0 Å². The summed E-state index contributed by atoms with van der Waals surface area (Å²) in [5.41, 5.74) is 0. The number of carbonyl (C=O) groups is 2. The third-order valence-corrected chi connectivity index (χ3v) is 2.42. The molecule has 0 spiro atoms. The molecule has 0 saturated heterocycles. The second-order valence-electron chi connectivity index (χ2n) is 2.76. The molecular weight excluding hydrogens is 323 g/mol. The van der Waals surface area contributed by atoms with E-state index in [9.17, 15) is 9.59 Å². The summed E-state index contributed by atoms with van der Waals surface area (Å²) in [4.78, 5) is 21.5. The van der Waals surface area contributed by atoms with Crippen LogP contribution in [0.2, 0.25) is 0 Å². The van der Waals surface area contributed by atoms with Gasteiger partial charge in [-0.25, -0.2) is 9.59 Å². The maximum atomic E-state index is 10.8. The van der Waals surface area contributed by atoms with Gasteiger partial charge in [-0.1, -0.05) is 5.92 Å². The molecule has 0 aromatic heterocycles. The number of allylic oxidation sites excluding steroid dienone is 1. The molecule has 0 bridgehead atoms. The zero-order chi connectivity index (χ0) is 12.4. The highest BCUT2D eigenvalue weighted by molar-refractivity contribution is 14.1. The molecule has 0 atom stereocenters. The number of hydrogen-bond donors (Lipinski definition) is 0. The topological polar surface area (TPSA) is 52.6 Å². The van der Waals surface area contributed by atoms with Crippen LogP contribution in [0.1, 0.15) is 19.3 Å². The van der Waals surface area contributed by atoms with Crippen LogP contribution in [-0.2, 0) is 19.1 Å². The highest BCUT2D eigenvalue weighted by Gasteiger charge is 1.97. The standard InChI is InChI=1S/C11H13IO4/c1-15-10(13)7-5-3-4-6-9(12)8-11(14)16-2/h8H,3-4,6H2,1-2H3/b9-8-. The largest absolute Gasteiger partial charge is 0.466 e. The molecule has 88 valence electrons. The van der Waals surface area contributed by atoms with Gasteiger partial charge in [0.25, 0.3) is 0 Å². The van der Waals surface area contributed by atoms with Crippen LogP contribution in [0.3, 0.4) is 0 Å². The predicted molar refractivity (Wildman–Crippen MR) is 67.8 cm³/mol. The van der Waals surface area contributed by atoms with Crippen molar-refractivity contribution in [3.63, 3.8) is 0 Å². The van der Waals surface area contributed by atoms with E-state index in [1.807, 2.05) is 0 Å². The lowest BCUT2D eigenvalue weighted by atomic mass is 10.2. The van der Waals surface area contributed by atoms with Gasteiger partial charge in [-0.15, -0.1) is 0 Å². The lowest BCUT2D eigenvalue weighted by Gasteiger charge is -1.96. The first-order valence-electron chi connectivity index (χ1n) is 4.61. The summed E-state index contributed by atoms with van der Waals surface area (Å²) in [5.74, 6) is 4.14. The van der Waals surface area contributed by atoms with Crippen molar-refractivity contribution in [3.8, 4) is 11.8 Å². The van der Waals surface area contributed by atoms with Crippen molar-refractivity contribution in [2.45, 2.75) is 19.3 Å². The van der Waals surface area contributed by atoms with Gasteiger partial charge in [0.05, 0.1) is 14.2 Å². The first kappa shape index (κ1) is 15.0. The molecule has 0 saturated carbocycles. The number of carbonyl (C=O) groups excluding carboxylic acids is 2. The lowest BCUT2D eigenvalue weighted by Crippen LogP contribution is -1.95. The zero-order valence-corrected chi connectivity index (χ0v) is 11.4. The van der Waals surface area contributed by atoms with Crippen molar-refractivity contribution < 1.29 is 19.1 Å². The minimum Gasteiger partial charge on any atom is -0.466 e. The third kappa shape index (κ3) is 8.29. The fourth-order valence-corrected chi connectivity index (χ4v) is 1.43. The van der Waals surface area contributed by atoms with Crippen LogP contribution < -0.4 is 0 Å². The Morgan fingerprint density at radius 2 is 2.00 bits per heavy atom. The van der Waals surface area contributed by atoms with Crippen molar-refractivity contribution in [2.24, 2.45) is 0 Å². The Morgan fingerprint density at radius 1 is 1.31 bits per heavy atom. The third-order valence-electron chi connectivity index (χ3n) is 1.57. The molecule has 0 amide bonds. The SMILES string of the molecule is COC(=O)C#CCCC/C(I)=C/C(=O)OC. The molecule has 0 radical (unpaired) electrons. The van der Waals surface area contributed by atoms with Gasteiger partial charge in [0, 0.05) is 18.4 Å². The van der Waals surface area contributed by atoms with Crippen LogP contribution in [-0.4, -0.2) is 26.2 Å². The van der Waals surface area contributed by atoms with Gasteiger partial charge in [0.1, 0.15) is 0 Å². The van der Waals surface area contributed by atoms with E-state index in [1.165, 1.54) is 20.3 Å². The molecule has 0 fully saturated rings. The maximum absolute atomic E-state index is 10.8. The average molecular weight is 336 g/mol. The molecule has 5 heteroatoms. The first-order chi connectivity index (χ1) is 7.60. The summed E-state index contributed by atoms with van der Waals surface area (Å²) >= 11 is 2.07. The molecule has 0 unspecified atom stereocenters. The molecule has 0 aliphatic heterocycles. The Bertz CT molecular complexity index is 336. The highest BCUT2D eigenvalue weighted by atomic mass is 127. The molecule has 0 aromatic carbocycles. The van der Waals surface area contributed by atoms with Gasteiger partial charge in [-0.05, 0) is 39.0 Å². The van der Waals surface area contributed by atoms with Crippen molar-refractivity contribution in [2.75, 3.05) is 14.2 Å². The molecule has 0 N–H and O–H groups in total. The Hall–Kier alpha value is -1.03. The Morgan fingerprint density at radius 3 is 2.56 bits per heavy atom. The Balaban J connectivity index is 3.81.